The van der Waals surface area contributed by atoms with Gasteiger partial charge >= 0.3 is 5.97 Å². The predicted molar refractivity (Wildman–Crippen MR) is 115 cm³/mol. The smallest absolute Gasteiger partial charge is 0.343 e. The fourth-order valence-electron chi connectivity index (χ4n) is 2.74. The zero-order valence-corrected chi connectivity index (χ0v) is 17.7. The summed E-state index contributed by atoms with van der Waals surface area (Å²) in [6, 6.07) is 16.4. The van der Waals surface area contributed by atoms with Crippen LogP contribution >= 0.6 is 39.1 Å². The highest BCUT2D eigenvalue weighted by Crippen LogP contribution is 2.36. The van der Waals surface area contributed by atoms with E-state index in [2.05, 4.69) is 15.9 Å². The molecule has 1 aliphatic rings. The number of ketones is 1. The molecule has 0 aliphatic carbocycles. The molecular weight excluding hydrogens is 479 g/mol. The number of halogens is 3. The Hall–Kier alpha value is -2.60. The quantitative estimate of drug-likeness (QED) is 0.236. The lowest BCUT2D eigenvalue weighted by Crippen LogP contribution is -2.08. The maximum atomic E-state index is 12.6. The molecule has 0 unspecified atom stereocenters. The summed E-state index contributed by atoms with van der Waals surface area (Å²) in [6.45, 7) is 0. The lowest BCUT2D eigenvalue weighted by molar-refractivity contribution is 0.0734. The van der Waals surface area contributed by atoms with Crippen LogP contribution in [0, 0.1) is 0 Å². The second-order valence-electron chi connectivity index (χ2n) is 6.16. The first-order valence-corrected chi connectivity index (χ1v) is 9.97. The predicted octanol–water partition coefficient (Wildman–Crippen LogP) is 6.59. The van der Waals surface area contributed by atoms with E-state index in [0.717, 1.165) is 4.47 Å². The number of rotatable bonds is 3. The third-order valence-corrected chi connectivity index (χ3v) is 5.27. The molecule has 0 aromatic heterocycles. The standard InChI is InChI=1S/C22H11BrCl2O4/c23-14-4-1-12(2-5-14)22(27)28-16-7-8-17-19(11-16)29-20(21(17)26)9-13-3-6-15(24)10-18(13)25/h1-11H/b20-9-. The van der Waals surface area contributed by atoms with E-state index in [1.165, 1.54) is 6.07 Å². The first-order chi connectivity index (χ1) is 13.9. The topological polar surface area (TPSA) is 52.6 Å². The number of fused-ring (bicyclic) bond motifs is 1. The maximum absolute atomic E-state index is 12.6. The van der Waals surface area contributed by atoms with Gasteiger partial charge in [-0.15, -0.1) is 0 Å². The van der Waals surface area contributed by atoms with Gasteiger partial charge in [-0.2, -0.15) is 0 Å². The highest BCUT2D eigenvalue weighted by Gasteiger charge is 2.28. The van der Waals surface area contributed by atoms with Gasteiger partial charge in [0.05, 0.1) is 11.1 Å². The van der Waals surface area contributed by atoms with Crippen LogP contribution in [0.15, 0.2) is 70.9 Å². The second kappa shape index (κ2) is 8.03. The summed E-state index contributed by atoms with van der Waals surface area (Å²) in [4.78, 5) is 24.9. The lowest BCUT2D eigenvalue weighted by Gasteiger charge is -2.06. The van der Waals surface area contributed by atoms with Crippen molar-refractivity contribution in [2.45, 2.75) is 0 Å². The number of benzene rings is 3. The number of ether oxygens (including phenoxy) is 2. The van der Waals surface area contributed by atoms with Gasteiger partial charge in [0.1, 0.15) is 11.5 Å². The average Bonchev–Trinajstić information content (AvgIpc) is 2.99. The Kier molecular flexibility index (Phi) is 5.46. The van der Waals surface area contributed by atoms with Gasteiger partial charge in [0, 0.05) is 20.6 Å². The third kappa shape index (κ3) is 4.22. The molecule has 0 amide bonds. The van der Waals surface area contributed by atoms with Crippen LogP contribution in [0.5, 0.6) is 11.5 Å². The van der Waals surface area contributed by atoms with Crippen molar-refractivity contribution >= 4 is 57.0 Å². The maximum Gasteiger partial charge on any atom is 0.343 e. The molecule has 144 valence electrons. The zero-order valence-electron chi connectivity index (χ0n) is 14.6. The van der Waals surface area contributed by atoms with Gasteiger partial charge in [0.15, 0.2) is 5.76 Å². The Balaban J connectivity index is 1.56. The molecule has 3 aromatic rings. The van der Waals surface area contributed by atoms with Crippen molar-refractivity contribution < 1.29 is 19.1 Å². The summed E-state index contributed by atoms with van der Waals surface area (Å²) < 4.78 is 11.9. The van der Waals surface area contributed by atoms with Crippen molar-refractivity contribution in [3.8, 4) is 11.5 Å². The minimum Gasteiger partial charge on any atom is -0.452 e. The Labute approximate surface area is 184 Å². The van der Waals surface area contributed by atoms with Crippen molar-refractivity contribution in [2.75, 3.05) is 0 Å². The van der Waals surface area contributed by atoms with E-state index in [1.54, 1.807) is 60.7 Å². The second-order valence-corrected chi connectivity index (χ2v) is 7.92. The van der Waals surface area contributed by atoms with E-state index >= 15 is 0 Å². The molecule has 0 N–H and O–H groups in total. The van der Waals surface area contributed by atoms with Crippen molar-refractivity contribution in [3.05, 3.63) is 97.6 Å². The van der Waals surface area contributed by atoms with Gasteiger partial charge in [-0.25, -0.2) is 4.79 Å². The molecule has 0 atom stereocenters. The van der Waals surface area contributed by atoms with Gasteiger partial charge in [-0.05, 0) is 60.2 Å². The van der Waals surface area contributed by atoms with Crippen LogP contribution in [0.25, 0.3) is 6.08 Å². The Morgan fingerprint density at radius 2 is 1.76 bits per heavy atom. The van der Waals surface area contributed by atoms with E-state index in [1.807, 2.05) is 0 Å². The molecule has 7 heteroatoms. The highest BCUT2D eigenvalue weighted by molar-refractivity contribution is 9.10. The first-order valence-electron chi connectivity index (χ1n) is 8.42. The normalized spacial score (nSPS) is 13.9. The number of Topliss-reactive ketones (excluding diaryl/α,β-unsaturated/α-hetero) is 1. The largest absolute Gasteiger partial charge is 0.452 e. The number of carbonyl (C=O) groups excluding carboxylic acids is 2. The first kappa shape index (κ1) is 19.7. The van der Waals surface area contributed by atoms with Crippen LogP contribution in [-0.2, 0) is 0 Å². The van der Waals surface area contributed by atoms with Crippen LogP contribution in [0.4, 0.5) is 0 Å². The molecule has 0 radical (unpaired) electrons. The Morgan fingerprint density at radius 3 is 2.48 bits per heavy atom. The van der Waals surface area contributed by atoms with Gasteiger partial charge in [-0.3, -0.25) is 4.79 Å². The summed E-state index contributed by atoms with van der Waals surface area (Å²) in [7, 11) is 0. The minimum atomic E-state index is -0.509. The van der Waals surface area contributed by atoms with Gasteiger partial charge in [-0.1, -0.05) is 45.2 Å². The zero-order chi connectivity index (χ0) is 20.5. The minimum absolute atomic E-state index is 0.126. The Bertz CT molecular complexity index is 1170. The number of hydrogen-bond donors (Lipinski definition) is 0. The van der Waals surface area contributed by atoms with Gasteiger partial charge in [0.25, 0.3) is 0 Å². The molecule has 0 saturated carbocycles. The fourth-order valence-corrected chi connectivity index (χ4v) is 3.47. The molecular formula is C22H11BrCl2O4. The van der Waals surface area contributed by atoms with E-state index in [0.29, 0.717) is 32.5 Å². The molecule has 0 spiro atoms. The van der Waals surface area contributed by atoms with Crippen LogP contribution in [0.1, 0.15) is 26.3 Å². The van der Waals surface area contributed by atoms with Gasteiger partial charge < -0.3 is 9.47 Å². The molecule has 1 aliphatic heterocycles. The number of allylic oxidation sites excluding steroid dienone is 1. The SMILES string of the molecule is O=C(Oc1ccc2c(c1)O/C(=C\c1ccc(Cl)cc1Cl)C2=O)c1ccc(Br)cc1. The molecule has 4 rings (SSSR count). The van der Waals surface area contributed by atoms with Crippen molar-refractivity contribution in [2.24, 2.45) is 0 Å². The average molecular weight is 490 g/mol. The monoisotopic (exact) mass is 488 g/mol. The van der Waals surface area contributed by atoms with Crippen molar-refractivity contribution in [1.29, 1.82) is 0 Å². The Morgan fingerprint density at radius 1 is 1.00 bits per heavy atom. The number of carbonyl (C=O) groups is 2. The fraction of sp³-hybridized carbons (Fsp3) is 0. The van der Waals surface area contributed by atoms with Crippen LogP contribution in [0.3, 0.4) is 0 Å². The van der Waals surface area contributed by atoms with Crippen LogP contribution in [0.2, 0.25) is 10.0 Å². The molecule has 3 aromatic carbocycles. The summed E-state index contributed by atoms with van der Waals surface area (Å²) >= 11 is 15.4. The molecule has 29 heavy (non-hydrogen) atoms. The molecule has 4 nitrogen and oxygen atoms in total. The summed E-state index contributed by atoms with van der Waals surface area (Å²) in [5, 5.41) is 0.901. The molecule has 0 saturated heterocycles. The van der Waals surface area contributed by atoms with Crippen LogP contribution in [-0.4, -0.2) is 11.8 Å². The van der Waals surface area contributed by atoms with Crippen LogP contribution < -0.4 is 9.47 Å². The number of esters is 1. The van der Waals surface area contributed by atoms with E-state index in [4.69, 9.17) is 32.7 Å². The molecule has 0 fully saturated rings. The van der Waals surface area contributed by atoms with E-state index in [-0.39, 0.29) is 17.3 Å². The van der Waals surface area contributed by atoms with Gasteiger partial charge in [0.2, 0.25) is 5.78 Å². The van der Waals surface area contributed by atoms with E-state index < -0.39 is 5.97 Å². The summed E-state index contributed by atoms with van der Waals surface area (Å²) in [5.74, 6) is -0.0782. The number of hydrogen-bond acceptors (Lipinski definition) is 4. The summed E-state index contributed by atoms with van der Waals surface area (Å²) in [6.07, 6.45) is 1.55. The molecule has 1 heterocycles. The summed E-state index contributed by atoms with van der Waals surface area (Å²) in [5.41, 5.74) is 1.39. The van der Waals surface area contributed by atoms with E-state index in [9.17, 15) is 9.59 Å². The highest BCUT2D eigenvalue weighted by atomic mass is 79.9. The lowest BCUT2D eigenvalue weighted by atomic mass is 10.1. The van der Waals surface area contributed by atoms with Crippen molar-refractivity contribution in [3.63, 3.8) is 0 Å². The third-order valence-electron chi connectivity index (χ3n) is 4.18. The molecule has 0 bridgehead atoms. The van der Waals surface area contributed by atoms with Crippen molar-refractivity contribution in [1.82, 2.24) is 0 Å².